The Morgan fingerprint density at radius 2 is 1.62 bits per heavy atom. The lowest BCUT2D eigenvalue weighted by molar-refractivity contribution is -0.633. The molecule has 4 heteroatoms. The van der Waals surface area contributed by atoms with E-state index in [9.17, 15) is 5.26 Å². The van der Waals surface area contributed by atoms with E-state index in [1.54, 1.807) is 0 Å². The minimum Gasteiger partial charge on any atom is -0.455 e. The van der Waals surface area contributed by atoms with Crippen LogP contribution in [0, 0.1) is 18.3 Å². The predicted molar refractivity (Wildman–Crippen MR) is 127 cm³/mol. The third-order valence-electron chi connectivity index (χ3n) is 6.22. The first-order valence-electron chi connectivity index (χ1n) is 10.6. The summed E-state index contributed by atoms with van der Waals surface area (Å²) in [7, 11) is 2.09. The zero-order chi connectivity index (χ0) is 21.8. The molecule has 6 rings (SSSR count). The number of para-hydroxylation sites is 4. The van der Waals surface area contributed by atoms with Crippen molar-refractivity contribution in [3.8, 4) is 23.1 Å². The fourth-order valence-electron chi connectivity index (χ4n) is 4.83. The van der Waals surface area contributed by atoms with Crippen LogP contribution in [0.25, 0.3) is 50.0 Å². The average Bonchev–Trinajstić information content (AvgIpc) is 3.35. The molecule has 0 bridgehead atoms. The topological polar surface area (TPSA) is 45.7 Å². The van der Waals surface area contributed by atoms with Crippen LogP contribution in [-0.2, 0) is 7.05 Å². The lowest BCUT2D eigenvalue weighted by atomic mass is 9.98. The van der Waals surface area contributed by atoms with E-state index in [4.69, 9.17) is 4.42 Å². The molecule has 152 valence electrons. The highest BCUT2D eigenvalue weighted by molar-refractivity contribution is 6.12. The molecular formula is C28H20N3O+. The Morgan fingerprint density at radius 1 is 0.906 bits per heavy atom. The molecule has 4 nitrogen and oxygen atoms in total. The molecule has 2 aromatic heterocycles. The van der Waals surface area contributed by atoms with Gasteiger partial charge in [0.05, 0.1) is 18.7 Å². The molecule has 0 aliphatic carbocycles. The molecule has 0 saturated heterocycles. The normalized spacial score (nSPS) is 11.4. The molecule has 4 aromatic carbocycles. The predicted octanol–water partition coefficient (Wildman–Crippen LogP) is 6.20. The van der Waals surface area contributed by atoms with E-state index >= 15 is 0 Å². The van der Waals surface area contributed by atoms with Crippen molar-refractivity contribution >= 4 is 33.0 Å². The number of fused-ring (bicyclic) bond motifs is 4. The number of nitriles is 1. The van der Waals surface area contributed by atoms with Crippen molar-refractivity contribution in [1.29, 1.82) is 5.26 Å². The Kier molecular flexibility index (Phi) is 3.93. The smallest absolute Gasteiger partial charge is 0.298 e. The van der Waals surface area contributed by atoms with Gasteiger partial charge >= 0.3 is 0 Å². The van der Waals surface area contributed by atoms with Crippen molar-refractivity contribution in [3.05, 3.63) is 96.1 Å². The molecule has 0 radical (unpaired) electrons. The lowest BCUT2D eigenvalue weighted by Crippen LogP contribution is -2.30. The minimum atomic E-state index is 0.635. The van der Waals surface area contributed by atoms with Gasteiger partial charge in [-0.2, -0.15) is 9.83 Å². The second-order valence-corrected chi connectivity index (χ2v) is 8.07. The van der Waals surface area contributed by atoms with Crippen LogP contribution in [0.1, 0.15) is 11.1 Å². The molecule has 6 aromatic rings. The first-order valence-corrected chi connectivity index (χ1v) is 10.6. The zero-order valence-corrected chi connectivity index (χ0v) is 17.8. The molecule has 0 aliphatic heterocycles. The van der Waals surface area contributed by atoms with Crippen LogP contribution in [-0.4, -0.2) is 4.57 Å². The second-order valence-electron chi connectivity index (χ2n) is 8.07. The molecule has 0 atom stereocenters. The minimum absolute atomic E-state index is 0.635. The summed E-state index contributed by atoms with van der Waals surface area (Å²) in [5.41, 5.74) is 7.49. The van der Waals surface area contributed by atoms with E-state index in [1.807, 2.05) is 36.4 Å². The maximum atomic E-state index is 9.90. The van der Waals surface area contributed by atoms with Crippen LogP contribution >= 0.6 is 0 Å². The van der Waals surface area contributed by atoms with Crippen molar-refractivity contribution in [3.63, 3.8) is 0 Å². The number of hydrogen-bond acceptors (Lipinski definition) is 2. The molecule has 0 aliphatic rings. The number of aromatic nitrogens is 2. The summed E-state index contributed by atoms with van der Waals surface area (Å²) >= 11 is 0. The highest BCUT2D eigenvalue weighted by atomic mass is 16.3. The number of benzene rings is 4. The van der Waals surface area contributed by atoms with Crippen molar-refractivity contribution in [2.24, 2.45) is 7.05 Å². The maximum Gasteiger partial charge on any atom is 0.298 e. The van der Waals surface area contributed by atoms with Crippen LogP contribution < -0.4 is 4.57 Å². The number of furan rings is 1. The van der Waals surface area contributed by atoms with Gasteiger partial charge in [0.1, 0.15) is 16.8 Å². The Morgan fingerprint density at radius 3 is 2.44 bits per heavy atom. The summed E-state index contributed by atoms with van der Waals surface area (Å²) < 4.78 is 10.9. The third-order valence-corrected chi connectivity index (χ3v) is 6.22. The number of aryl methyl sites for hydroxylation is 2. The zero-order valence-electron chi connectivity index (χ0n) is 17.8. The van der Waals surface area contributed by atoms with Crippen LogP contribution in [0.4, 0.5) is 0 Å². The molecule has 32 heavy (non-hydrogen) atoms. The van der Waals surface area contributed by atoms with Gasteiger partial charge in [0.2, 0.25) is 0 Å². The van der Waals surface area contributed by atoms with E-state index in [-0.39, 0.29) is 0 Å². The van der Waals surface area contributed by atoms with Gasteiger partial charge < -0.3 is 4.42 Å². The number of hydrogen-bond donors (Lipinski definition) is 0. The molecule has 0 saturated carbocycles. The van der Waals surface area contributed by atoms with Gasteiger partial charge in [0, 0.05) is 10.8 Å². The molecule has 0 N–H and O–H groups in total. The van der Waals surface area contributed by atoms with Gasteiger partial charge in [-0.1, -0.05) is 48.5 Å². The first-order chi connectivity index (χ1) is 15.7. The van der Waals surface area contributed by atoms with Crippen LogP contribution in [0.2, 0.25) is 0 Å². The van der Waals surface area contributed by atoms with Crippen molar-refractivity contribution in [2.75, 3.05) is 0 Å². The van der Waals surface area contributed by atoms with E-state index < -0.39 is 0 Å². The molecular weight excluding hydrogens is 394 g/mol. The fraction of sp³-hybridized carbons (Fsp3) is 0.0714. The lowest BCUT2D eigenvalue weighted by Gasteiger charge is -2.08. The van der Waals surface area contributed by atoms with Crippen molar-refractivity contribution < 1.29 is 8.98 Å². The SMILES string of the molecule is Cc1cc(C#N)c2c(oc3ccccc32)c1-c1n(-c2ccccc2)c2ccccc2[n+]1C. The number of imidazole rings is 1. The Hall–Kier alpha value is -4.36. The summed E-state index contributed by atoms with van der Waals surface area (Å²) in [5, 5.41) is 11.7. The van der Waals surface area contributed by atoms with Crippen molar-refractivity contribution in [1.82, 2.24) is 4.57 Å². The number of rotatable bonds is 2. The van der Waals surface area contributed by atoms with E-state index in [1.165, 1.54) is 0 Å². The average molecular weight is 414 g/mol. The molecule has 0 amide bonds. The van der Waals surface area contributed by atoms with E-state index in [0.717, 1.165) is 55.6 Å². The van der Waals surface area contributed by atoms with Gasteiger partial charge in [-0.25, -0.2) is 4.57 Å². The monoisotopic (exact) mass is 414 g/mol. The molecule has 0 unspecified atom stereocenters. The molecule has 0 spiro atoms. The van der Waals surface area contributed by atoms with Gasteiger partial charge in [0.25, 0.3) is 5.82 Å². The quantitative estimate of drug-likeness (QED) is 0.317. The van der Waals surface area contributed by atoms with E-state index in [2.05, 4.69) is 77.7 Å². The molecule has 2 heterocycles. The van der Waals surface area contributed by atoms with Gasteiger partial charge in [-0.05, 0) is 48.9 Å². The largest absolute Gasteiger partial charge is 0.455 e. The van der Waals surface area contributed by atoms with Gasteiger partial charge in [-0.3, -0.25) is 0 Å². The number of nitrogens with zero attached hydrogens (tertiary/aromatic N) is 3. The summed E-state index contributed by atoms with van der Waals surface area (Å²) in [5.74, 6) is 1.02. The summed E-state index contributed by atoms with van der Waals surface area (Å²) in [6.07, 6.45) is 0. The van der Waals surface area contributed by atoms with Crippen LogP contribution in [0.5, 0.6) is 0 Å². The van der Waals surface area contributed by atoms with Crippen LogP contribution in [0.15, 0.2) is 89.3 Å². The maximum absolute atomic E-state index is 9.90. The highest BCUT2D eigenvalue weighted by Crippen LogP contribution is 2.40. The van der Waals surface area contributed by atoms with Gasteiger partial charge in [0.15, 0.2) is 16.6 Å². The fourth-order valence-corrected chi connectivity index (χ4v) is 4.83. The highest BCUT2D eigenvalue weighted by Gasteiger charge is 2.31. The first kappa shape index (κ1) is 18.4. The Bertz CT molecular complexity index is 1700. The second kappa shape index (κ2) is 6.83. The Balaban J connectivity index is 1.85. The summed E-state index contributed by atoms with van der Waals surface area (Å²) in [4.78, 5) is 0. The van der Waals surface area contributed by atoms with E-state index in [0.29, 0.717) is 5.56 Å². The Labute approximate surface area is 185 Å². The summed E-state index contributed by atoms with van der Waals surface area (Å²) in [6.45, 7) is 2.05. The molecule has 0 fully saturated rings. The summed E-state index contributed by atoms with van der Waals surface area (Å²) in [6, 6.07) is 31.0. The van der Waals surface area contributed by atoms with Gasteiger partial charge in [-0.15, -0.1) is 0 Å². The van der Waals surface area contributed by atoms with Crippen molar-refractivity contribution in [2.45, 2.75) is 6.92 Å². The van der Waals surface area contributed by atoms with Crippen LogP contribution in [0.3, 0.4) is 0 Å². The standard InChI is InChI=1S/C28H20N3O/c1-18-16-19(17-29)26-21-12-6-9-15-24(21)32-27(26)25(18)28-30(2)22-13-7-8-14-23(22)31(28)20-10-4-3-5-11-20/h3-16H,1-2H3/q+1. The third kappa shape index (κ3) is 2.45.